The number of pyridine rings is 1. The number of benzene rings is 2. The molecule has 1 N–H and O–H groups in total. The molecule has 186 valence electrons. The molecule has 0 atom stereocenters. The number of aryl methyl sites for hydroxylation is 3. The van der Waals surface area contributed by atoms with Crippen molar-refractivity contribution in [2.75, 3.05) is 0 Å². The summed E-state index contributed by atoms with van der Waals surface area (Å²) in [5.41, 5.74) is 8.79. The van der Waals surface area contributed by atoms with Gasteiger partial charge in [0.1, 0.15) is 23.7 Å². The molecule has 37 heavy (non-hydrogen) atoms. The van der Waals surface area contributed by atoms with Gasteiger partial charge in [-0.3, -0.25) is 14.1 Å². The van der Waals surface area contributed by atoms with E-state index in [-0.39, 0.29) is 0 Å². The largest absolute Gasteiger partial charge is 0.488 e. The van der Waals surface area contributed by atoms with Crippen LogP contribution in [0, 0.1) is 13.8 Å². The van der Waals surface area contributed by atoms with E-state index in [4.69, 9.17) is 30.8 Å². The smallest absolute Gasteiger partial charge is 0.439 e. The van der Waals surface area contributed by atoms with E-state index in [0.717, 1.165) is 50.6 Å². The lowest BCUT2D eigenvalue weighted by molar-refractivity contribution is 0.307. The van der Waals surface area contributed by atoms with Crippen LogP contribution in [0.4, 0.5) is 0 Å². The first-order chi connectivity index (χ1) is 17.9. The van der Waals surface area contributed by atoms with Gasteiger partial charge in [-0.25, -0.2) is 14.8 Å². The van der Waals surface area contributed by atoms with Gasteiger partial charge < -0.3 is 4.74 Å². The topological polar surface area (TPSA) is 98.8 Å². The van der Waals surface area contributed by atoms with E-state index in [2.05, 4.69) is 36.1 Å². The number of allylic oxidation sites excluding steroid dienone is 1. The molecule has 0 spiro atoms. The molecule has 0 saturated heterocycles. The van der Waals surface area contributed by atoms with Crippen molar-refractivity contribution in [1.29, 1.82) is 0 Å². The van der Waals surface area contributed by atoms with Gasteiger partial charge in [-0.05, 0) is 55.2 Å². The van der Waals surface area contributed by atoms with Crippen LogP contribution in [-0.4, -0.2) is 24.7 Å². The van der Waals surface area contributed by atoms with Gasteiger partial charge in [0, 0.05) is 29.3 Å². The molecule has 1 aliphatic heterocycles. The lowest BCUT2D eigenvalue weighted by atomic mass is 9.88. The van der Waals surface area contributed by atoms with Crippen LogP contribution >= 0.6 is 11.6 Å². The zero-order valence-corrected chi connectivity index (χ0v) is 21.6. The highest BCUT2D eigenvalue weighted by Gasteiger charge is 2.26. The molecule has 0 radical (unpaired) electrons. The Kier molecular flexibility index (Phi) is 5.49. The number of rotatable bonds is 3. The van der Waals surface area contributed by atoms with Crippen LogP contribution in [0.1, 0.15) is 53.4 Å². The van der Waals surface area contributed by atoms with Gasteiger partial charge >= 0.3 is 5.76 Å². The summed E-state index contributed by atoms with van der Waals surface area (Å²) in [5, 5.41) is 4.53. The molecule has 5 aromatic rings. The van der Waals surface area contributed by atoms with Crippen LogP contribution in [0.25, 0.3) is 28.0 Å². The number of aromatic amines is 1. The fraction of sp³-hybridized carbons (Fsp3) is 0.214. The van der Waals surface area contributed by atoms with Crippen molar-refractivity contribution in [2.45, 2.75) is 40.7 Å². The summed E-state index contributed by atoms with van der Waals surface area (Å²) in [6.07, 6.45) is 0.706. The normalized spacial score (nSPS) is 14.2. The number of nitrogens with one attached hydrogen (secondary N) is 1. The van der Waals surface area contributed by atoms with E-state index in [1.54, 1.807) is 0 Å². The Labute approximate surface area is 217 Å². The molecule has 0 aliphatic carbocycles. The fourth-order valence-electron chi connectivity index (χ4n) is 5.06. The maximum Gasteiger partial charge on any atom is 0.439 e. The standard InChI is InChI=1S/C28H24ClN5O3/c1-5-22-31-25-20(29)11-15(3)30-27(25)34(22)18-10-14(2)23-21(12-18)36-13-17-8-6-7-9-19(17)24(23)16(4)26-32-28(35)37-33-26/h6-12H,5,13H2,1-4H3,(H,32,33,35)/b24-16+. The predicted molar refractivity (Wildman–Crippen MR) is 142 cm³/mol. The third-order valence-corrected chi connectivity index (χ3v) is 7.00. The molecule has 4 heterocycles. The molecule has 3 aromatic heterocycles. The zero-order chi connectivity index (χ0) is 25.8. The minimum atomic E-state index is -0.596. The average molecular weight is 514 g/mol. The number of H-pyrrole nitrogens is 1. The van der Waals surface area contributed by atoms with Crippen molar-refractivity contribution >= 4 is 33.9 Å². The van der Waals surface area contributed by atoms with E-state index >= 15 is 0 Å². The first kappa shape index (κ1) is 23.2. The highest BCUT2D eigenvalue weighted by Crippen LogP contribution is 2.43. The van der Waals surface area contributed by atoms with Crippen molar-refractivity contribution < 1.29 is 9.26 Å². The minimum absolute atomic E-state index is 0.384. The molecule has 0 fully saturated rings. The highest BCUT2D eigenvalue weighted by atomic mass is 35.5. The maximum absolute atomic E-state index is 11.7. The molecule has 1 aliphatic rings. The minimum Gasteiger partial charge on any atom is -0.488 e. The second-order valence-electron chi connectivity index (χ2n) is 9.16. The molecular formula is C28H24ClN5O3. The summed E-state index contributed by atoms with van der Waals surface area (Å²) < 4.78 is 13.3. The maximum atomic E-state index is 11.7. The van der Waals surface area contributed by atoms with Crippen molar-refractivity contribution in [3.63, 3.8) is 0 Å². The second kappa shape index (κ2) is 8.74. The fourth-order valence-corrected chi connectivity index (χ4v) is 5.34. The first-order valence-electron chi connectivity index (χ1n) is 12.0. The molecular weight excluding hydrogens is 490 g/mol. The van der Waals surface area contributed by atoms with E-state index < -0.39 is 5.76 Å². The van der Waals surface area contributed by atoms with Crippen LogP contribution < -0.4 is 10.5 Å². The van der Waals surface area contributed by atoms with E-state index in [9.17, 15) is 4.79 Å². The Balaban J connectivity index is 1.64. The molecule has 8 nitrogen and oxygen atoms in total. The Morgan fingerprint density at radius 3 is 2.73 bits per heavy atom. The Morgan fingerprint density at radius 1 is 1.16 bits per heavy atom. The van der Waals surface area contributed by atoms with E-state index in [1.165, 1.54) is 0 Å². The third kappa shape index (κ3) is 3.76. The van der Waals surface area contributed by atoms with Gasteiger partial charge in [-0.15, -0.1) is 0 Å². The molecule has 0 saturated carbocycles. The van der Waals surface area contributed by atoms with Crippen molar-refractivity contribution in [3.05, 3.63) is 97.6 Å². The van der Waals surface area contributed by atoms with Crippen LogP contribution in [-0.2, 0) is 13.0 Å². The quantitative estimate of drug-likeness (QED) is 0.327. The van der Waals surface area contributed by atoms with Crippen LogP contribution in [0.2, 0.25) is 5.02 Å². The molecule has 0 unspecified atom stereocenters. The van der Waals surface area contributed by atoms with Gasteiger partial charge in [-0.2, -0.15) is 0 Å². The molecule has 6 rings (SSSR count). The number of aromatic nitrogens is 5. The van der Waals surface area contributed by atoms with Crippen molar-refractivity contribution in [3.8, 4) is 11.4 Å². The van der Waals surface area contributed by atoms with Gasteiger partial charge in [0.15, 0.2) is 11.5 Å². The number of ether oxygens (including phenoxy) is 1. The Hall–Kier alpha value is -4.17. The summed E-state index contributed by atoms with van der Waals surface area (Å²) in [6.45, 7) is 8.35. The first-order valence-corrected chi connectivity index (χ1v) is 12.4. The van der Waals surface area contributed by atoms with Gasteiger partial charge in [0.05, 0.1) is 10.7 Å². The zero-order valence-electron chi connectivity index (χ0n) is 20.8. The highest BCUT2D eigenvalue weighted by molar-refractivity contribution is 6.34. The third-order valence-electron chi connectivity index (χ3n) is 6.72. The number of nitrogens with zero attached hydrogens (tertiary/aromatic N) is 4. The number of halogens is 1. The van der Waals surface area contributed by atoms with Gasteiger partial charge in [0.25, 0.3) is 0 Å². The monoisotopic (exact) mass is 513 g/mol. The van der Waals surface area contributed by atoms with Gasteiger partial charge in [-0.1, -0.05) is 47.9 Å². The molecule has 2 aromatic carbocycles. The summed E-state index contributed by atoms with van der Waals surface area (Å²) in [4.78, 5) is 24.0. The molecule has 0 bridgehead atoms. The van der Waals surface area contributed by atoms with Crippen molar-refractivity contribution in [2.24, 2.45) is 0 Å². The summed E-state index contributed by atoms with van der Waals surface area (Å²) >= 11 is 6.54. The SMILES string of the molecule is CCc1nc2c(Cl)cc(C)nc2n1-c1cc(C)c2c(c1)OCc1ccccc1/C2=C(/C)c1noc(=O)[nH]1. The Morgan fingerprint density at radius 2 is 1.97 bits per heavy atom. The molecule has 9 heteroatoms. The summed E-state index contributed by atoms with van der Waals surface area (Å²) in [6, 6.07) is 14.0. The lowest BCUT2D eigenvalue weighted by Gasteiger charge is -2.18. The van der Waals surface area contributed by atoms with Crippen LogP contribution in [0.15, 0.2) is 51.8 Å². The predicted octanol–water partition coefficient (Wildman–Crippen LogP) is 5.80. The van der Waals surface area contributed by atoms with Crippen LogP contribution in [0.5, 0.6) is 5.75 Å². The van der Waals surface area contributed by atoms with Crippen LogP contribution in [0.3, 0.4) is 0 Å². The number of hydrogen-bond donors (Lipinski definition) is 1. The van der Waals surface area contributed by atoms with Crippen molar-refractivity contribution in [1.82, 2.24) is 24.7 Å². The number of imidazole rings is 1. The second-order valence-corrected chi connectivity index (χ2v) is 9.57. The average Bonchev–Trinajstić information content (AvgIpc) is 3.43. The van der Waals surface area contributed by atoms with E-state index in [0.29, 0.717) is 40.8 Å². The summed E-state index contributed by atoms with van der Waals surface area (Å²) in [5.74, 6) is 1.36. The van der Waals surface area contributed by atoms with Gasteiger partial charge in [0.2, 0.25) is 0 Å². The number of hydrogen-bond acceptors (Lipinski definition) is 6. The number of fused-ring (bicyclic) bond motifs is 3. The Bertz CT molecular complexity index is 1790. The van der Waals surface area contributed by atoms with E-state index in [1.807, 2.05) is 48.7 Å². The lowest BCUT2D eigenvalue weighted by Crippen LogP contribution is -2.05. The summed E-state index contributed by atoms with van der Waals surface area (Å²) in [7, 11) is 0. The molecule has 0 amide bonds.